The van der Waals surface area contributed by atoms with Crippen molar-refractivity contribution in [3.63, 3.8) is 0 Å². The van der Waals surface area contributed by atoms with Gasteiger partial charge in [-0.1, -0.05) is 26.7 Å². The number of aromatic nitrogens is 2. The maximum Gasteiger partial charge on any atom is 0.277 e. The number of aryl methyl sites for hydroxylation is 1. The van der Waals surface area contributed by atoms with Crippen molar-refractivity contribution < 1.29 is 0 Å². The Hall–Kier alpha value is -2.76. The molecule has 1 unspecified atom stereocenters. The standard InChI is InChI=1S/C26H37N5O/c1-8-12-13-20(9-2)23-18(6)26(32)31-25(28-23)24(19(7)29-31)27-22-15-14-21(16-17(22)5)30(10-3)11-4/h14-16,20H,8-13H2,1-7H3. The SMILES string of the molecule is CCCCC(CC)c1nc2n(c(=O)c1C)N=C(C)C2=Nc1ccc(N(CC)CC)cc1C. The first-order valence-corrected chi connectivity index (χ1v) is 12.0. The smallest absolute Gasteiger partial charge is 0.277 e. The largest absolute Gasteiger partial charge is 0.372 e. The molecule has 1 aromatic carbocycles. The van der Waals surface area contributed by atoms with Crippen LogP contribution < -0.4 is 10.5 Å². The summed E-state index contributed by atoms with van der Waals surface area (Å²) in [4.78, 5) is 25.4. The summed E-state index contributed by atoms with van der Waals surface area (Å²) in [6, 6.07) is 6.34. The van der Waals surface area contributed by atoms with Crippen LogP contribution in [-0.4, -0.2) is 34.2 Å². The van der Waals surface area contributed by atoms with Crippen LogP contribution >= 0.6 is 0 Å². The molecule has 0 saturated heterocycles. The second-order valence-electron chi connectivity index (χ2n) is 8.60. The number of aliphatic imine (C=N–C) groups is 1. The van der Waals surface area contributed by atoms with Gasteiger partial charge in [-0.2, -0.15) is 9.78 Å². The van der Waals surface area contributed by atoms with Crippen LogP contribution in [0.15, 0.2) is 33.1 Å². The van der Waals surface area contributed by atoms with Crippen LogP contribution in [0.3, 0.4) is 0 Å². The number of rotatable bonds is 9. The normalized spacial score (nSPS) is 15.1. The van der Waals surface area contributed by atoms with Crippen molar-refractivity contribution in [1.82, 2.24) is 9.66 Å². The molecule has 1 aromatic heterocycles. The molecule has 0 amide bonds. The van der Waals surface area contributed by atoms with Gasteiger partial charge in [0.1, 0.15) is 5.71 Å². The second-order valence-corrected chi connectivity index (χ2v) is 8.60. The molecule has 1 aliphatic heterocycles. The van der Waals surface area contributed by atoms with Crippen LogP contribution in [0, 0.1) is 13.8 Å². The summed E-state index contributed by atoms with van der Waals surface area (Å²) in [6.07, 6.45) is 4.28. The van der Waals surface area contributed by atoms with Crippen LogP contribution in [0.1, 0.15) is 88.9 Å². The Bertz CT molecular complexity index is 1090. The first kappa shape index (κ1) is 23.9. The molecular weight excluding hydrogens is 398 g/mol. The zero-order valence-corrected chi connectivity index (χ0v) is 20.7. The third-order valence-electron chi connectivity index (χ3n) is 6.46. The highest BCUT2D eigenvalue weighted by molar-refractivity contribution is 6.48. The lowest BCUT2D eigenvalue weighted by molar-refractivity contribution is 0.548. The van der Waals surface area contributed by atoms with Crippen molar-refractivity contribution in [1.29, 1.82) is 0 Å². The zero-order chi connectivity index (χ0) is 23.4. The number of anilines is 1. The third-order valence-corrected chi connectivity index (χ3v) is 6.46. The highest BCUT2D eigenvalue weighted by atomic mass is 16.1. The summed E-state index contributed by atoms with van der Waals surface area (Å²) in [6.45, 7) is 16.5. The fraction of sp³-hybridized carbons (Fsp3) is 0.538. The number of fused-ring (bicyclic) bond motifs is 1. The summed E-state index contributed by atoms with van der Waals surface area (Å²) in [5.74, 6) is 0.848. The van der Waals surface area contributed by atoms with Gasteiger partial charge in [0.25, 0.3) is 5.56 Å². The fourth-order valence-corrected chi connectivity index (χ4v) is 4.40. The fourth-order valence-electron chi connectivity index (χ4n) is 4.40. The minimum absolute atomic E-state index is 0.0851. The molecule has 32 heavy (non-hydrogen) atoms. The van der Waals surface area contributed by atoms with Gasteiger partial charge in [-0.05, 0) is 71.2 Å². The van der Waals surface area contributed by atoms with E-state index < -0.39 is 0 Å². The highest BCUT2D eigenvalue weighted by Crippen LogP contribution is 2.29. The van der Waals surface area contributed by atoms with Gasteiger partial charge in [0.2, 0.25) is 0 Å². The summed E-state index contributed by atoms with van der Waals surface area (Å²) >= 11 is 0. The quantitative estimate of drug-likeness (QED) is 0.504. The first-order chi connectivity index (χ1) is 15.4. The Morgan fingerprint density at radius 1 is 1.09 bits per heavy atom. The lowest BCUT2D eigenvalue weighted by Gasteiger charge is -2.21. The van der Waals surface area contributed by atoms with Gasteiger partial charge in [-0.15, -0.1) is 0 Å². The highest BCUT2D eigenvalue weighted by Gasteiger charge is 2.27. The minimum atomic E-state index is -0.0851. The summed E-state index contributed by atoms with van der Waals surface area (Å²) in [5.41, 5.74) is 6.11. The Kier molecular flexibility index (Phi) is 7.64. The van der Waals surface area contributed by atoms with Gasteiger partial charge in [-0.25, -0.2) is 9.98 Å². The van der Waals surface area contributed by atoms with Gasteiger partial charge in [0, 0.05) is 30.3 Å². The molecule has 6 heteroatoms. The maximum absolute atomic E-state index is 13.1. The average Bonchev–Trinajstić information content (AvgIpc) is 3.09. The Labute approximate surface area is 192 Å². The Morgan fingerprint density at radius 2 is 1.81 bits per heavy atom. The average molecular weight is 436 g/mol. The molecule has 0 spiro atoms. The van der Waals surface area contributed by atoms with Crippen LogP contribution in [0.4, 0.5) is 11.4 Å². The monoisotopic (exact) mass is 435 g/mol. The number of hydrogen-bond donors (Lipinski definition) is 0. The van der Waals surface area contributed by atoms with E-state index in [9.17, 15) is 4.79 Å². The molecule has 2 aromatic rings. The van der Waals surface area contributed by atoms with Gasteiger partial charge >= 0.3 is 0 Å². The van der Waals surface area contributed by atoms with Crippen LogP contribution in [0.5, 0.6) is 0 Å². The van der Waals surface area contributed by atoms with E-state index in [0.29, 0.717) is 17.1 Å². The molecule has 0 aliphatic carbocycles. The zero-order valence-electron chi connectivity index (χ0n) is 20.7. The molecule has 3 rings (SSSR count). The molecule has 0 bridgehead atoms. The van der Waals surface area contributed by atoms with Crippen molar-refractivity contribution in [2.45, 2.75) is 80.1 Å². The van der Waals surface area contributed by atoms with Crippen molar-refractivity contribution >= 4 is 22.8 Å². The van der Waals surface area contributed by atoms with Crippen molar-refractivity contribution in [3.8, 4) is 0 Å². The van der Waals surface area contributed by atoms with E-state index in [1.165, 1.54) is 10.4 Å². The van der Waals surface area contributed by atoms with E-state index >= 15 is 0 Å². The molecule has 0 N–H and O–H groups in total. The van der Waals surface area contributed by atoms with E-state index in [0.717, 1.165) is 61.4 Å². The molecule has 1 atom stereocenters. The Balaban J connectivity index is 2.08. The van der Waals surface area contributed by atoms with E-state index in [1.807, 2.05) is 13.8 Å². The molecule has 0 radical (unpaired) electrons. The summed E-state index contributed by atoms with van der Waals surface area (Å²) in [5, 5.41) is 4.50. The predicted molar refractivity (Wildman–Crippen MR) is 135 cm³/mol. The second kappa shape index (κ2) is 10.2. The number of hydrogen-bond acceptors (Lipinski definition) is 5. The van der Waals surface area contributed by atoms with Gasteiger partial charge < -0.3 is 4.90 Å². The molecule has 0 saturated carbocycles. The lowest BCUT2D eigenvalue weighted by Crippen LogP contribution is -2.26. The van der Waals surface area contributed by atoms with Crippen molar-refractivity contribution in [2.24, 2.45) is 10.1 Å². The van der Waals surface area contributed by atoms with E-state index in [-0.39, 0.29) is 11.5 Å². The molecule has 172 valence electrons. The number of unbranched alkanes of at least 4 members (excludes halogenated alkanes) is 1. The maximum atomic E-state index is 13.1. The first-order valence-electron chi connectivity index (χ1n) is 12.0. The van der Waals surface area contributed by atoms with Crippen LogP contribution in [-0.2, 0) is 0 Å². The van der Waals surface area contributed by atoms with Gasteiger partial charge in [0.15, 0.2) is 5.82 Å². The molecular formula is C26H37N5O. The molecule has 0 fully saturated rings. The molecule has 1 aliphatic rings. The van der Waals surface area contributed by atoms with Gasteiger partial charge in [0.05, 0.1) is 17.1 Å². The van der Waals surface area contributed by atoms with Gasteiger partial charge in [-0.3, -0.25) is 4.79 Å². The van der Waals surface area contributed by atoms with E-state index in [1.54, 1.807) is 0 Å². The van der Waals surface area contributed by atoms with Crippen molar-refractivity contribution in [3.05, 3.63) is 51.2 Å². The van der Waals surface area contributed by atoms with E-state index in [2.05, 4.69) is 62.8 Å². The predicted octanol–water partition coefficient (Wildman–Crippen LogP) is 5.75. The summed E-state index contributed by atoms with van der Waals surface area (Å²) in [7, 11) is 0. The number of benzene rings is 1. The molecule has 6 nitrogen and oxygen atoms in total. The topological polar surface area (TPSA) is 62.9 Å². The lowest BCUT2D eigenvalue weighted by atomic mass is 9.93. The van der Waals surface area contributed by atoms with Crippen LogP contribution in [0.25, 0.3) is 0 Å². The van der Waals surface area contributed by atoms with Crippen molar-refractivity contribution in [2.75, 3.05) is 18.0 Å². The molecule has 2 heterocycles. The summed E-state index contributed by atoms with van der Waals surface area (Å²) < 4.78 is 1.43. The number of nitrogens with zero attached hydrogens (tertiary/aromatic N) is 5. The van der Waals surface area contributed by atoms with Crippen LogP contribution in [0.2, 0.25) is 0 Å². The third kappa shape index (κ3) is 4.54. The minimum Gasteiger partial charge on any atom is -0.372 e. The Morgan fingerprint density at radius 3 is 2.41 bits per heavy atom. The van der Waals surface area contributed by atoms with E-state index in [4.69, 9.17) is 9.98 Å².